The number of rotatable bonds is 0. The largest absolute Gasteiger partial charge is 0.300 e. The molecule has 0 radical (unpaired) electrons. The molecule has 1 rings (SSSR count). The quantitative estimate of drug-likeness (QED) is 0.492. The van der Waals surface area contributed by atoms with Crippen molar-refractivity contribution in [3.63, 3.8) is 0 Å². The van der Waals surface area contributed by atoms with E-state index in [1.807, 2.05) is 13.8 Å². The summed E-state index contributed by atoms with van der Waals surface area (Å²) in [6.07, 6.45) is 3.97. The first kappa shape index (κ1) is 11.5. The van der Waals surface area contributed by atoms with Crippen molar-refractivity contribution in [3.05, 3.63) is 0 Å². The molecule has 0 aromatic carbocycles. The summed E-state index contributed by atoms with van der Waals surface area (Å²) < 4.78 is 0. The number of carbonyl (C=O) groups excluding carboxylic acids is 1. The minimum atomic E-state index is 0. The van der Waals surface area contributed by atoms with Gasteiger partial charge in [0, 0.05) is 12.8 Å². The van der Waals surface area contributed by atoms with Gasteiger partial charge in [0.25, 0.3) is 0 Å². The fourth-order valence-electron chi connectivity index (χ4n) is 0.769. The Morgan fingerprint density at radius 1 is 1.11 bits per heavy atom. The number of hydrogen-bond donors (Lipinski definition) is 0. The third kappa shape index (κ3) is 5.54. The van der Waals surface area contributed by atoms with Gasteiger partial charge in [0.15, 0.2) is 0 Å². The van der Waals surface area contributed by atoms with Crippen molar-refractivity contribution in [1.29, 1.82) is 0 Å². The predicted molar refractivity (Wildman–Crippen MR) is 41.6 cm³/mol. The molecule has 0 saturated heterocycles. The van der Waals surface area contributed by atoms with Crippen molar-refractivity contribution >= 4 is 5.78 Å². The molecule has 1 saturated carbocycles. The van der Waals surface area contributed by atoms with Crippen LogP contribution in [0.2, 0.25) is 0 Å². The molecule has 0 spiro atoms. The van der Waals surface area contributed by atoms with Crippen LogP contribution >= 0.6 is 0 Å². The monoisotopic (exact) mass is 130 g/mol. The van der Waals surface area contributed by atoms with Crippen LogP contribution in [0.4, 0.5) is 0 Å². The molecule has 0 atom stereocenters. The third-order valence-corrected chi connectivity index (χ3v) is 1.16. The number of Topliss-reactive ketones (excluding diaryl/α,β-unsaturated/α-hetero) is 1. The average Bonchev–Trinajstić information content (AvgIpc) is 2.24. The van der Waals surface area contributed by atoms with Gasteiger partial charge in [-0.05, 0) is 12.8 Å². The maximum Gasteiger partial charge on any atom is 0.132 e. The maximum atomic E-state index is 10.2. The second kappa shape index (κ2) is 7.67. The fraction of sp³-hybridized carbons (Fsp3) is 0.875. The predicted octanol–water partition coefficient (Wildman–Crippen LogP) is 2.79. The van der Waals surface area contributed by atoms with Gasteiger partial charge in [-0.1, -0.05) is 21.3 Å². The van der Waals surface area contributed by atoms with E-state index in [1.54, 1.807) is 0 Å². The molecule has 0 aromatic heterocycles. The molecule has 0 N–H and O–H groups in total. The standard InChI is InChI=1S/C5H8O.C2H6.CH4/c6-5-3-1-2-4-5;1-2;/h1-4H2;1-2H3;1H4. The zero-order chi connectivity index (χ0) is 6.41. The molecule has 0 bridgehead atoms. The van der Waals surface area contributed by atoms with E-state index >= 15 is 0 Å². The lowest BCUT2D eigenvalue weighted by molar-refractivity contribution is -0.117. The molecular weight excluding hydrogens is 112 g/mol. The molecule has 1 aliphatic rings. The summed E-state index contributed by atoms with van der Waals surface area (Å²) in [6.45, 7) is 4.00. The molecule has 0 amide bonds. The van der Waals surface area contributed by atoms with Gasteiger partial charge >= 0.3 is 0 Å². The second-order valence-corrected chi connectivity index (χ2v) is 1.75. The molecule has 1 fully saturated rings. The molecule has 0 unspecified atom stereocenters. The summed E-state index contributed by atoms with van der Waals surface area (Å²) >= 11 is 0. The number of carbonyl (C=O) groups is 1. The van der Waals surface area contributed by atoms with Crippen molar-refractivity contribution in [2.75, 3.05) is 0 Å². The molecule has 0 aliphatic heterocycles. The first-order chi connectivity index (χ1) is 3.89. The Kier molecular flexibility index (Phi) is 9.77. The van der Waals surface area contributed by atoms with Gasteiger partial charge in [-0.3, -0.25) is 4.79 Å². The van der Waals surface area contributed by atoms with Crippen LogP contribution in [-0.4, -0.2) is 5.78 Å². The van der Waals surface area contributed by atoms with Crippen LogP contribution in [-0.2, 0) is 4.79 Å². The number of ketones is 1. The Morgan fingerprint density at radius 3 is 1.56 bits per heavy atom. The van der Waals surface area contributed by atoms with E-state index < -0.39 is 0 Å². The topological polar surface area (TPSA) is 17.1 Å². The summed E-state index contributed by atoms with van der Waals surface area (Å²) in [5.74, 6) is 0.454. The minimum absolute atomic E-state index is 0. The summed E-state index contributed by atoms with van der Waals surface area (Å²) in [7, 11) is 0. The van der Waals surface area contributed by atoms with Crippen LogP contribution in [0, 0.1) is 0 Å². The van der Waals surface area contributed by atoms with Gasteiger partial charge in [-0.2, -0.15) is 0 Å². The van der Waals surface area contributed by atoms with E-state index in [1.165, 1.54) is 0 Å². The van der Waals surface area contributed by atoms with E-state index in [-0.39, 0.29) is 7.43 Å². The lowest BCUT2D eigenvalue weighted by Crippen LogP contribution is -1.81. The van der Waals surface area contributed by atoms with Crippen molar-refractivity contribution in [3.8, 4) is 0 Å². The average molecular weight is 130 g/mol. The summed E-state index contributed by atoms with van der Waals surface area (Å²) in [4.78, 5) is 10.2. The van der Waals surface area contributed by atoms with Crippen LogP contribution in [0.15, 0.2) is 0 Å². The highest BCUT2D eigenvalue weighted by molar-refractivity contribution is 5.79. The smallest absolute Gasteiger partial charge is 0.132 e. The third-order valence-electron chi connectivity index (χ3n) is 1.16. The summed E-state index contributed by atoms with van der Waals surface area (Å²) in [5.41, 5.74) is 0. The van der Waals surface area contributed by atoms with E-state index in [4.69, 9.17) is 0 Å². The molecular formula is C8H18O. The zero-order valence-electron chi connectivity index (χ0n) is 5.74. The van der Waals surface area contributed by atoms with Gasteiger partial charge in [0.1, 0.15) is 5.78 Å². The Morgan fingerprint density at radius 2 is 1.44 bits per heavy atom. The second-order valence-electron chi connectivity index (χ2n) is 1.75. The normalized spacial score (nSPS) is 15.6. The van der Waals surface area contributed by atoms with Crippen molar-refractivity contribution in [1.82, 2.24) is 0 Å². The highest BCUT2D eigenvalue weighted by atomic mass is 16.1. The summed E-state index contributed by atoms with van der Waals surface area (Å²) in [6, 6.07) is 0. The Labute approximate surface area is 58.5 Å². The van der Waals surface area contributed by atoms with Crippen LogP contribution in [0.25, 0.3) is 0 Å². The molecule has 1 heteroatoms. The van der Waals surface area contributed by atoms with E-state index in [0.29, 0.717) is 5.78 Å². The molecule has 0 heterocycles. The first-order valence-electron chi connectivity index (χ1n) is 3.41. The molecule has 1 aliphatic carbocycles. The van der Waals surface area contributed by atoms with Gasteiger partial charge in [0.05, 0.1) is 0 Å². The Bertz CT molecular complexity index is 59.0. The first-order valence-corrected chi connectivity index (χ1v) is 3.41. The maximum absolute atomic E-state index is 10.2. The van der Waals surface area contributed by atoms with Crippen molar-refractivity contribution in [2.45, 2.75) is 47.0 Å². The fourth-order valence-corrected chi connectivity index (χ4v) is 0.769. The van der Waals surface area contributed by atoms with Gasteiger partial charge in [-0.25, -0.2) is 0 Å². The van der Waals surface area contributed by atoms with Gasteiger partial charge < -0.3 is 0 Å². The van der Waals surface area contributed by atoms with E-state index in [9.17, 15) is 4.79 Å². The molecule has 0 aromatic rings. The van der Waals surface area contributed by atoms with Crippen molar-refractivity contribution in [2.24, 2.45) is 0 Å². The Hall–Kier alpha value is -0.330. The highest BCUT2D eigenvalue weighted by Crippen LogP contribution is 2.11. The van der Waals surface area contributed by atoms with Crippen LogP contribution in [0.1, 0.15) is 47.0 Å². The molecule has 1 nitrogen and oxygen atoms in total. The SMILES string of the molecule is C.CC.O=C1CCCC1. The minimum Gasteiger partial charge on any atom is -0.300 e. The number of hydrogen-bond acceptors (Lipinski definition) is 1. The van der Waals surface area contributed by atoms with E-state index in [2.05, 4.69) is 0 Å². The Balaban J connectivity index is 0. The van der Waals surface area contributed by atoms with E-state index in [0.717, 1.165) is 25.7 Å². The van der Waals surface area contributed by atoms with Gasteiger partial charge in [0.2, 0.25) is 0 Å². The molecule has 9 heavy (non-hydrogen) atoms. The van der Waals surface area contributed by atoms with Crippen LogP contribution < -0.4 is 0 Å². The van der Waals surface area contributed by atoms with Crippen LogP contribution in [0.3, 0.4) is 0 Å². The highest BCUT2D eigenvalue weighted by Gasteiger charge is 2.07. The summed E-state index contributed by atoms with van der Waals surface area (Å²) in [5, 5.41) is 0. The lowest BCUT2D eigenvalue weighted by atomic mass is 10.4. The van der Waals surface area contributed by atoms with Crippen molar-refractivity contribution < 1.29 is 4.79 Å². The zero-order valence-corrected chi connectivity index (χ0v) is 5.74. The van der Waals surface area contributed by atoms with Gasteiger partial charge in [-0.15, -0.1) is 0 Å². The van der Waals surface area contributed by atoms with Crippen LogP contribution in [0.5, 0.6) is 0 Å². The molecule has 56 valence electrons. The lowest BCUT2D eigenvalue weighted by Gasteiger charge is -1.71.